The summed E-state index contributed by atoms with van der Waals surface area (Å²) >= 11 is 0. The molecule has 2 aromatic rings. The molecule has 24 heavy (non-hydrogen) atoms. The number of nitrogens with zero attached hydrogens (tertiary/aromatic N) is 3. The Morgan fingerprint density at radius 2 is 2.08 bits per heavy atom. The molecule has 0 radical (unpaired) electrons. The van der Waals surface area contributed by atoms with E-state index in [4.69, 9.17) is 4.74 Å². The quantitative estimate of drug-likeness (QED) is 0.865. The summed E-state index contributed by atoms with van der Waals surface area (Å²) in [4.78, 5) is 22.1. The van der Waals surface area contributed by atoms with Crippen LogP contribution in [0.2, 0.25) is 0 Å². The minimum Gasteiger partial charge on any atom is -0.462 e. The summed E-state index contributed by atoms with van der Waals surface area (Å²) in [6.07, 6.45) is 4.45. The number of benzene rings is 1. The third-order valence-electron chi connectivity index (χ3n) is 4.39. The van der Waals surface area contributed by atoms with Crippen LogP contribution in [0.3, 0.4) is 0 Å². The van der Waals surface area contributed by atoms with Gasteiger partial charge in [-0.15, -0.1) is 0 Å². The number of hydrogen-bond acceptors (Lipinski definition) is 6. The van der Waals surface area contributed by atoms with Crippen molar-refractivity contribution in [2.75, 3.05) is 24.6 Å². The molecule has 3 rings (SSSR count). The predicted molar refractivity (Wildman–Crippen MR) is 90.1 cm³/mol. The molecule has 0 aliphatic carbocycles. The number of aryl methyl sites for hydroxylation is 1. The number of ether oxygens (including phenoxy) is 1. The van der Waals surface area contributed by atoms with E-state index >= 15 is 0 Å². The van der Waals surface area contributed by atoms with E-state index in [9.17, 15) is 9.90 Å². The van der Waals surface area contributed by atoms with Crippen LogP contribution < -0.4 is 4.90 Å². The summed E-state index contributed by atoms with van der Waals surface area (Å²) < 4.78 is 5.07. The second kappa shape index (κ2) is 6.97. The largest absolute Gasteiger partial charge is 0.462 e. The maximum absolute atomic E-state index is 12.0. The van der Waals surface area contributed by atoms with Gasteiger partial charge in [-0.3, -0.25) is 0 Å². The van der Waals surface area contributed by atoms with Gasteiger partial charge in [0.2, 0.25) is 0 Å². The summed E-state index contributed by atoms with van der Waals surface area (Å²) in [7, 11) is 0. The SMILES string of the molecule is CCOC(=O)c1ccc(C)c([C@@H]2CN(c3cncnc3)C[C@H]2O)c1. The lowest BCUT2D eigenvalue weighted by Gasteiger charge is -2.19. The van der Waals surface area contributed by atoms with Gasteiger partial charge in [0.25, 0.3) is 0 Å². The summed E-state index contributed by atoms with van der Waals surface area (Å²) in [6, 6.07) is 5.51. The highest BCUT2D eigenvalue weighted by atomic mass is 16.5. The van der Waals surface area contributed by atoms with Crippen LogP contribution in [0.15, 0.2) is 36.9 Å². The van der Waals surface area contributed by atoms with E-state index in [-0.39, 0.29) is 11.9 Å². The smallest absolute Gasteiger partial charge is 0.338 e. The number of esters is 1. The molecule has 2 heterocycles. The van der Waals surface area contributed by atoms with Crippen molar-refractivity contribution in [3.8, 4) is 0 Å². The first-order valence-corrected chi connectivity index (χ1v) is 8.05. The molecule has 1 aliphatic heterocycles. The molecule has 0 spiro atoms. The molecule has 1 aromatic carbocycles. The van der Waals surface area contributed by atoms with Crippen molar-refractivity contribution in [2.24, 2.45) is 0 Å². The van der Waals surface area contributed by atoms with Crippen molar-refractivity contribution in [2.45, 2.75) is 25.9 Å². The third kappa shape index (κ3) is 3.23. The molecular formula is C18H21N3O3. The van der Waals surface area contributed by atoms with E-state index in [1.165, 1.54) is 6.33 Å². The Morgan fingerprint density at radius 1 is 1.33 bits per heavy atom. The lowest BCUT2D eigenvalue weighted by atomic mass is 9.91. The topological polar surface area (TPSA) is 75.5 Å². The van der Waals surface area contributed by atoms with Crippen molar-refractivity contribution in [3.05, 3.63) is 53.6 Å². The molecule has 1 aliphatic rings. The molecule has 1 aromatic heterocycles. The first-order valence-electron chi connectivity index (χ1n) is 8.05. The highest BCUT2D eigenvalue weighted by molar-refractivity contribution is 5.89. The lowest BCUT2D eigenvalue weighted by molar-refractivity contribution is 0.0526. The Hall–Kier alpha value is -2.47. The van der Waals surface area contributed by atoms with Crippen LogP contribution >= 0.6 is 0 Å². The van der Waals surface area contributed by atoms with Crippen LogP contribution in [0.25, 0.3) is 0 Å². The van der Waals surface area contributed by atoms with E-state index in [1.807, 2.05) is 19.1 Å². The average molecular weight is 327 g/mol. The number of aromatic nitrogens is 2. The molecule has 2 atom stereocenters. The van der Waals surface area contributed by atoms with Crippen LogP contribution in [-0.4, -0.2) is 46.8 Å². The van der Waals surface area contributed by atoms with Gasteiger partial charge in [0, 0.05) is 19.0 Å². The molecule has 1 saturated heterocycles. The summed E-state index contributed by atoms with van der Waals surface area (Å²) in [5.74, 6) is -0.404. The van der Waals surface area contributed by atoms with Crippen molar-refractivity contribution < 1.29 is 14.6 Å². The van der Waals surface area contributed by atoms with Crippen LogP contribution in [0, 0.1) is 6.92 Å². The zero-order chi connectivity index (χ0) is 17.1. The maximum Gasteiger partial charge on any atom is 0.338 e. The average Bonchev–Trinajstić information content (AvgIpc) is 2.98. The summed E-state index contributed by atoms with van der Waals surface area (Å²) in [6.45, 7) is 5.29. The van der Waals surface area contributed by atoms with E-state index < -0.39 is 6.10 Å². The van der Waals surface area contributed by atoms with Gasteiger partial charge >= 0.3 is 5.97 Å². The standard InChI is InChI=1S/C18H21N3O3/c1-3-24-18(23)13-5-4-12(2)15(6-13)16-9-21(10-17(16)22)14-7-19-11-20-8-14/h4-8,11,16-17,22H,3,9-10H2,1-2H3/t16-,17+/m0/s1. The highest BCUT2D eigenvalue weighted by Crippen LogP contribution is 2.33. The molecule has 6 nitrogen and oxygen atoms in total. The Kier molecular flexibility index (Phi) is 4.76. The van der Waals surface area contributed by atoms with E-state index in [1.54, 1.807) is 25.4 Å². The minimum absolute atomic E-state index is 0.0698. The van der Waals surface area contributed by atoms with Gasteiger partial charge in [0.15, 0.2) is 0 Å². The maximum atomic E-state index is 12.0. The lowest BCUT2D eigenvalue weighted by Crippen LogP contribution is -2.21. The van der Waals surface area contributed by atoms with Crippen molar-refractivity contribution in [1.82, 2.24) is 9.97 Å². The zero-order valence-corrected chi connectivity index (χ0v) is 13.8. The van der Waals surface area contributed by atoms with Gasteiger partial charge < -0.3 is 14.7 Å². The number of β-amino-alcohol motifs (C(OH)–C–C–N with tert-alkyl or cyclic N) is 1. The third-order valence-corrected chi connectivity index (χ3v) is 4.39. The highest BCUT2D eigenvalue weighted by Gasteiger charge is 2.34. The first-order chi connectivity index (χ1) is 11.6. The van der Waals surface area contributed by atoms with Gasteiger partial charge in [0.05, 0.1) is 36.4 Å². The number of aliphatic hydroxyl groups excluding tert-OH is 1. The second-order valence-corrected chi connectivity index (χ2v) is 5.97. The number of hydrogen-bond donors (Lipinski definition) is 1. The molecule has 0 unspecified atom stereocenters. The minimum atomic E-state index is -0.513. The number of aliphatic hydroxyl groups is 1. The number of carbonyl (C=O) groups excluding carboxylic acids is 1. The van der Waals surface area contributed by atoms with E-state index in [0.29, 0.717) is 25.3 Å². The molecular weight excluding hydrogens is 306 g/mol. The second-order valence-electron chi connectivity index (χ2n) is 5.97. The summed E-state index contributed by atoms with van der Waals surface area (Å²) in [5, 5.41) is 10.5. The fourth-order valence-electron chi connectivity index (χ4n) is 3.14. The van der Waals surface area contributed by atoms with Crippen LogP contribution in [0.4, 0.5) is 5.69 Å². The Bertz CT molecular complexity index is 721. The van der Waals surface area contributed by atoms with E-state index in [2.05, 4.69) is 14.9 Å². The molecule has 1 N–H and O–H groups in total. The summed E-state index contributed by atoms with van der Waals surface area (Å²) in [5.41, 5.74) is 3.44. The molecule has 0 bridgehead atoms. The zero-order valence-electron chi connectivity index (χ0n) is 13.8. The van der Waals surface area contributed by atoms with Crippen molar-refractivity contribution in [3.63, 3.8) is 0 Å². The Labute approximate surface area is 141 Å². The van der Waals surface area contributed by atoms with Gasteiger partial charge in [0.1, 0.15) is 6.33 Å². The van der Waals surface area contributed by atoms with Gasteiger partial charge in [-0.2, -0.15) is 0 Å². The first kappa shape index (κ1) is 16.4. The number of rotatable bonds is 4. The van der Waals surface area contributed by atoms with Crippen molar-refractivity contribution >= 4 is 11.7 Å². The Balaban J connectivity index is 1.86. The number of anilines is 1. The fourth-order valence-corrected chi connectivity index (χ4v) is 3.14. The van der Waals surface area contributed by atoms with Crippen LogP contribution in [0.5, 0.6) is 0 Å². The van der Waals surface area contributed by atoms with Gasteiger partial charge in [-0.05, 0) is 37.1 Å². The molecule has 0 amide bonds. The van der Waals surface area contributed by atoms with Gasteiger partial charge in [-0.1, -0.05) is 6.07 Å². The molecule has 1 fully saturated rings. The van der Waals surface area contributed by atoms with Crippen molar-refractivity contribution in [1.29, 1.82) is 0 Å². The normalized spacial score (nSPS) is 20.2. The Morgan fingerprint density at radius 3 is 2.79 bits per heavy atom. The fraction of sp³-hybridized carbons (Fsp3) is 0.389. The van der Waals surface area contributed by atoms with E-state index in [0.717, 1.165) is 16.8 Å². The monoisotopic (exact) mass is 327 g/mol. The molecule has 126 valence electrons. The van der Waals surface area contributed by atoms with Crippen LogP contribution in [-0.2, 0) is 4.74 Å². The predicted octanol–water partition coefficient (Wildman–Crippen LogP) is 1.93. The molecule has 0 saturated carbocycles. The van der Waals surface area contributed by atoms with Gasteiger partial charge in [-0.25, -0.2) is 14.8 Å². The molecule has 6 heteroatoms. The number of carbonyl (C=O) groups is 1. The van der Waals surface area contributed by atoms with Crippen LogP contribution in [0.1, 0.15) is 34.3 Å².